The standard InChI is InChI=1S/C15H24O5/c1-6-18-14(17)10-7-11-12(19-9(10)3)8(2)13(16)20-15(11,4)5/h8-12H,6-7H2,1-5H3/t8-,9+,10+,11+,12-/m0/s1. The van der Waals surface area contributed by atoms with E-state index >= 15 is 0 Å². The van der Waals surface area contributed by atoms with Gasteiger partial charge in [-0.15, -0.1) is 0 Å². The van der Waals surface area contributed by atoms with Crippen molar-refractivity contribution in [2.75, 3.05) is 6.61 Å². The maximum Gasteiger partial charge on any atom is 0.311 e. The topological polar surface area (TPSA) is 61.8 Å². The first-order chi connectivity index (χ1) is 9.27. The zero-order chi connectivity index (χ0) is 15.1. The lowest BCUT2D eigenvalue weighted by molar-refractivity contribution is -0.231. The molecule has 114 valence electrons. The van der Waals surface area contributed by atoms with E-state index in [9.17, 15) is 9.59 Å². The van der Waals surface area contributed by atoms with Crippen LogP contribution in [0.25, 0.3) is 0 Å². The second kappa shape index (κ2) is 5.35. The minimum Gasteiger partial charge on any atom is -0.466 e. The van der Waals surface area contributed by atoms with Crippen LogP contribution in [0.1, 0.15) is 41.0 Å². The monoisotopic (exact) mass is 284 g/mol. The first-order valence-corrected chi connectivity index (χ1v) is 7.33. The zero-order valence-corrected chi connectivity index (χ0v) is 12.8. The minimum atomic E-state index is -0.612. The van der Waals surface area contributed by atoms with Crippen LogP contribution in [0.3, 0.4) is 0 Å². The third-order valence-corrected chi connectivity index (χ3v) is 4.55. The Bertz CT molecular complexity index is 403. The molecule has 0 aliphatic carbocycles. The maximum atomic E-state index is 12.0. The summed E-state index contributed by atoms with van der Waals surface area (Å²) in [5.41, 5.74) is -0.612. The third kappa shape index (κ3) is 2.55. The number of carbonyl (C=O) groups excluding carboxylic acids is 2. The molecule has 2 fully saturated rings. The molecule has 2 aliphatic rings. The molecule has 20 heavy (non-hydrogen) atoms. The Hall–Kier alpha value is -1.10. The lowest BCUT2D eigenvalue weighted by Gasteiger charge is -2.50. The van der Waals surface area contributed by atoms with Crippen molar-refractivity contribution in [3.05, 3.63) is 0 Å². The van der Waals surface area contributed by atoms with Crippen LogP contribution in [0.2, 0.25) is 0 Å². The van der Waals surface area contributed by atoms with Crippen LogP contribution in [0, 0.1) is 17.8 Å². The van der Waals surface area contributed by atoms with Gasteiger partial charge in [-0.05, 0) is 41.0 Å². The number of esters is 2. The number of fused-ring (bicyclic) bond motifs is 1. The van der Waals surface area contributed by atoms with E-state index in [4.69, 9.17) is 14.2 Å². The summed E-state index contributed by atoms with van der Waals surface area (Å²) >= 11 is 0. The van der Waals surface area contributed by atoms with E-state index < -0.39 is 5.60 Å². The first-order valence-electron chi connectivity index (χ1n) is 7.33. The van der Waals surface area contributed by atoms with Crippen LogP contribution in [0.5, 0.6) is 0 Å². The summed E-state index contributed by atoms with van der Waals surface area (Å²) in [6.07, 6.45) is 0.210. The number of rotatable bonds is 2. The van der Waals surface area contributed by atoms with Crippen LogP contribution in [0.15, 0.2) is 0 Å². The second-order valence-electron chi connectivity index (χ2n) is 6.32. The van der Waals surface area contributed by atoms with Crippen molar-refractivity contribution in [2.45, 2.75) is 58.8 Å². The summed E-state index contributed by atoms with van der Waals surface area (Å²) in [7, 11) is 0. The molecular weight excluding hydrogens is 260 g/mol. The van der Waals surface area contributed by atoms with E-state index in [-0.39, 0.29) is 41.9 Å². The molecule has 2 saturated heterocycles. The highest BCUT2D eigenvalue weighted by molar-refractivity contribution is 5.75. The molecule has 2 aliphatic heterocycles. The molecule has 0 amide bonds. The van der Waals surface area contributed by atoms with E-state index in [1.165, 1.54) is 0 Å². The molecule has 0 aromatic heterocycles. The summed E-state index contributed by atoms with van der Waals surface area (Å²) in [6.45, 7) is 9.63. The molecule has 0 spiro atoms. The molecule has 0 aromatic carbocycles. The van der Waals surface area contributed by atoms with Gasteiger partial charge in [-0.2, -0.15) is 0 Å². The lowest BCUT2D eigenvalue weighted by atomic mass is 9.70. The minimum absolute atomic E-state index is 0.0146. The summed E-state index contributed by atoms with van der Waals surface area (Å²) in [5, 5.41) is 0. The van der Waals surface area contributed by atoms with Gasteiger partial charge in [0.15, 0.2) is 0 Å². The fraction of sp³-hybridized carbons (Fsp3) is 0.867. The first kappa shape index (κ1) is 15.3. The summed E-state index contributed by atoms with van der Waals surface area (Å²) in [5.74, 6) is -1.02. The number of hydrogen-bond donors (Lipinski definition) is 0. The number of carbonyl (C=O) groups is 2. The van der Waals surface area contributed by atoms with Crippen molar-refractivity contribution in [2.24, 2.45) is 17.8 Å². The maximum absolute atomic E-state index is 12.0. The van der Waals surface area contributed by atoms with Gasteiger partial charge in [0.2, 0.25) is 0 Å². The van der Waals surface area contributed by atoms with E-state index in [0.29, 0.717) is 13.0 Å². The molecule has 2 heterocycles. The highest BCUT2D eigenvalue weighted by Crippen LogP contribution is 2.44. The normalized spacial score (nSPS) is 39.6. The van der Waals surface area contributed by atoms with Gasteiger partial charge in [-0.25, -0.2) is 0 Å². The fourth-order valence-electron chi connectivity index (χ4n) is 3.28. The fourth-order valence-corrected chi connectivity index (χ4v) is 3.28. The van der Waals surface area contributed by atoms with Crippen molar-refractivity contribution in [3.63, 3.8) is 0 Å². The van der Waals surface area contributed by atoms with Gasteiger partial charge in [-0.1, -0.05) is 0 Å². The molecule has 0 unspecified atom stereocenters. The SMILES string of the molecule is CCOC(=O)[C@@H]1C[C@@H]2[C@@H](O[C@@H]1C)[C@H](C)C(=O)OC2(C)C. The van der Waals surface area contributed by atoms with E-state index in [2.05, 4.69) is 0 Å². The molecule has 0 N–H and O–H groups in total. The Kier molecular flexibility index (Phi) is 4.09. The average Bonchev–Trinajstić information content (AvgIpc) is 2.35. The van der Waals surface area contributed by atoms with Crippen LogP contribution >= 0.6 is 0 Å². The average molecular weight is 284 g/mol. The Morgan fingerprint density at radius 1 is 1.40 bits per heavy atom. The van der Waals surface area contributed by atoms with Crippen LogP contribution in [-0.4, -0.2) is 36.4 Å². The smallest absolute Gasteiger partial charge is 0.311 e. The van der Waals surface area contributed by atoms with Gasteiger partial charge in [0.25, 0.3) is 0 Å². The molecule has 0 saturated carbocycles. The summed E-state index contributed by atoms with van der Waals surface area (Å²) in [4.78, 5) is 23.9. The largest absolute Gasteiger partial charge is 0.466 e. The van der Waals surface area contributed by atoms with Crippen molar-refractivity contribution in [1.82, 2.24) is 0 Å². The third-order valence-electron chi connectivity index (χ3n) is 4.55. The molecular formula is C15H24O5. The van der Waals surface area contributed by atoms with Gasteiger partial charge < -0.3 is 14.2 Å². The molecule has 5 heteroatoms. The van der Waals surface area contributed by atoms with Crippen LogP contribution < -0.4 is 0 Å². The van der Waals surface area contributed by atoms with E-state index in [1.54, 1.807) is 6.92 Å². The predicted octanol–water partition coefficient (Wildman–Crippen LogP) is 1.93. The highest BCUT2D eigenvalue weighted by atomic mass is 16.6. The van der Waals surface area contributed by atoms with Gasteiger partial charge >= 0.3 is 11.9 Å². The highest BCUT2D eigenvalue weighted by Gasteiger charge is 2.54. The van der Waals surface area contributed by atoms with Crippen molar-refractivity contribution >= 4 is 11.9 Å². The quantitative estimate of drug-likeness (QED) is 0.725. The van der Waals surface area contributed by atoms with Gasteiger partial charge in [0, 0.05) is 5.92 Å². The second-order valence-corrected chi connectivity index (χ2v) is 6.32. The van der Waals surface area contributed by atoms with Gasteiger partial charge in [0.05, 0.1) is 30.7 Å². The van der Waals surface area contributed by atoms with E-state index in [1.807, 2.05) is 27.7 Å². The molecule has 2 rings (SSSR count). The Morgan fingerprint density at radius 3 is 2.65 bits per heavy atom. The van der Waals surface area contributed by atoms with Crippen molar-refractivity contribution in [3.8, 4) is 0 Å². The van der Waals surface area contributed by atoms with Crippen molar-refractivity contribution < 1.29 is 23.8 Å². The summed E-state index contributed by atoms with van der Waals surface area (Å²) < 4.78 is 16.6. The molecule has 0 radical (unpaired) electrons. The summed E-state index contributed by atoms with van der Waals surface area (Å²) in [6, 6.07) is 0. The van der Waals surface area contributed by atoms with Gasteiger partial charge in [0.1, 0.15) is 5.60 Å². The van der Waals surface area contributed by atoms with Crippen LogP contribution in [-0.2, 0) is 23.8 Å². The van der Waals surface area contributed by atoms with Crippen LogP contribution in [0.4, 0.5) is 0 Å². The Morgan fingerprint density at radius 2 is 2.05 bits per heavy atom. The molecule has 0 aromatic rings. The molecule has 5 nitrogen and oxygen atoms in total. The van der Waals surface area contributed by atoms with Crippen molar-refractivity contribution in [1.29, 1.82) is 0 Å². The number of hydrogen-bond acceptors (Lipinski definition) is 5. The molecule has 5 atom stereocenters. The Balaban J connectivity index is 2.21. The zero-order valence-electron chi connectivity index (χ0n) is 12.8. The predicted molar refractivity (Wildman–Crippen MR) is 71.9 cm³/mol. The number of cyclic esters (lactones) is 1. The number of ether oxygens (including phenoxy) is 3. The van der Waals surface area contributed by atoms with E-state index in [0.717, 1.165) is 0 Å². The van der Waals surface area contributed by atoms with Gasteiger partial charge in [-0.3, -0.25) is 9.59 Å². The molecule has 0 bridgehead atoms. The Labute approximate surface area is 120 Å². The lowest BCUT2D eigenvalue weighted by Crippen LogP contribution is -2.59.